The zero-order chi connectivity index (χ0) is 38.5. The predicted molar refractivity (Wildman–Crippen MR) is 192 cm³/mol. The second kappa shape index (κ2) is 21.0. The molecule has 0 saturated carbocycles. The molecule has 20 heteroatoms. The van der Waals surface area contributed by atoms with Crippen molar-refractivity contribution in [3.63, 3.8) is 0 Å². The van der Waals surface area contributed by atoms with Crippen molar-refractivity contribution in [3.8, 4) is 11.4 Å². The summed E-state index contributed by atoms with van der Waals surface area (Å²) in [5, 5.41) is 45.1. The number of guanidine groups is 2. The highest BCUT2D eigenvalue weighted by molar-refractivity contribution is 5.76. The van der Waals surface area contributed by atoms with E-state index in [9.17, 15) is 29.8 Å². The van der Waals surface area contributed by atoms with E-state index in [1.165, 1.54) is 24.5 Å². The number of nitrogens with two attached hydrogens (primary N) is 4. The van der Waals surface area contributed by atoms with Crippen LogP contribution in [0, 0.1) is 20.2 Å². The first-order chi connectivity index (χ1) is 24.8. The first-order valence-electron chi connectivity index (χ1n) is 14.6. The molecule has 0 unspecified atom stereocenters. The largest absolute Gasteiger partial charge is 0.481 e. The minimum absolute atomic E-state index is 0.0240. The van der Waals surface area contributed by atoms with Gasteiger partial charge in [-0.25, -0.2) is 0 Å². The lowest BCUT2D eigenvalue weighted by Gasteiger charge is -2.06. The first-order valence-corrected chi connectivity index (χ1v) is 14.6. The van der Waals surface area contributed by atoms with Crippen LogP contribution >= 0.6 is 0 Å². The average Bonchev–Trinajstić information content (AvgIpc) is 3.77. The number of hydrogen-bond donors (Lipinski definition) is 8. The van der Waals surface area contributed by atoms with Gasteiger partial charge in [-0.2, -0.15) is 0 Å². The van der Waals surface area contributed by atoms with Crippen molar-refractivity contribution in [2.45, 2.75) is 12.8 Å². The van der Waals surface area contributed by atoms with Crippen LogP contribution in [0.3, 0.4) is 0 Å². The Balaban J connectivity index is 0.000000299. The van der Waals surface area contributed by atoms with Crippen LogP contribution in [-0.2, 0) is 9.59 Å². The standard InChI is InChI=1S/2C14H14N6O2.C4H6O4/c2*15-14(16)18-17-9-3-5-11-6-4-10-19(11)12-7-1-2-8-13(12)20(21)22;5-3(6)1-2-4(7)8/h2*1-2,4-10,17H,(H4,15,16,18);1-2H2,(H,5,6)(H,7,8). The summed E-state index contributed by atoms with van der Waals surface area (Å²) in [6.45, 7) is 0. The highest BCUT2D eigenvalue weighted by Gasteiger charge is 2.16. The van der Waals surface area contributed by atoms with Gasteiger partial charge in [-0.1, -0.05) is 35.7 Å². The van der Waals surface area contributed by atoms with Gasteiger partial charge in [0.05, 0.1) is 46.5 Å². The summed E-state index contributed by atoms with van der Waals surface area (Å²) in [6.07, 6.45) is 8.99. The number of nitro groups is 2. The smallest absolute Gasteiger partial charge is 0.303 e. The number of carboxylic acid groups (broad SMARTS) is 2. The van der Waals surface area contributed by atoms with E-state index in [0.29, 0.717) is 11.4 Å². The molecule has 2 aromatic carbocycles. The number of carbonyl (C=O) groups is 2. The van der Waals surface area contributed by atoms with Crippen molar-refractivity contribution < 1.29 is 29.6 Å². The number of benzene rings is 2. The zero-order valence-corrected chi connectivity index (χ0v) is 27.1. The van der Waals surface area contributed by atoms with Gasteiger partial charge in [0, 0.05) is 36.7 Å². The quantitative estimate of drug-likeness (QED) is 0.0324. The van der Waals surface area contributed by atoms with Crippen molar-refractivity contribution in [1.82, 2.24) is 20.0 Å². The fourth-order valence-electron chi connectivity index (χ4n) is 3.86. The van der Waals surface area contributed by atoms with Gasteiger partial charge in [-0.05, 0) is 36.4 Å². The van der Waals surface area contributed by atoms with Gasteiger partial charge < -0.3 is 42.3 Å². The van der Waals surface area contributed by atoms with E-state index in [2.05, 4.69) is 32.5 Å². The minimum atomic E-state index is -1.08. The van der Waals surface area contributed by atoms with Crippen molar-refractivity contribution in [3.05, 3.63) is 141 Å². The van der Waals surface area contributed by atoms with Gasteiger partial charge >= 0.3 is 11.9 Å². The fourth-order valence-corrected chi connectivity index (χ4v) is 3.86. The molecule has 4 rings (SSSR count). The molecule has 0 radical (unpaired) electrons. The molecule has 0 bridgehead atoms. The minimum Gasteiger partial charge on any atom is -0.481 e. The molecular formula is C32H34N12O8. The number of nitro benzene ring substituents is 2. The van der Waals surface area contributed by atoms with E-state index >= 15 is 0 Å². The predicted octanol–water partition coefficient (Wildman–Crippen LogP) is 2.51. The molecule has 270 valence electrons. The van der Waals surface area contributed by atoms with Crippen molar-refractivity contribution in [2.24, 2.45) is 33.1 Å². The Morgan fingerprint density at radius 1 is 0.673 bits per heavy atom. The van der Waals surface area contributed by atoms with Crippen LogP contribution in [-0.4, -0.2) is 53.1 Å². The maximum absolute atomic E-state index is 11.1. The Hall–Kier alpha value is -8.08. The number of hydrogen-bond acceptors (Lipinski definition) is 10. The zero-order valence-electron chi connectivity index (χ0n) is 27.1. The summed E-state index contributed by atoms with van der Waals surface area (Å²) in [5.41, 5.74) is 33.7. The van der Waals surface area contributed by atoms with Crippen molar-refractivity contribution in [2.75, 3.05) is 0 Å². The molecule has 2 aromatic heterocycles. The molecule has 0 aliphatic rings. The number of rotatable bonds is 13. The Kier molecular flexibility index (Phi) is 16.2. The third-order valence-electron chi connectivity index (χ3n) is 5.93. The van der Waals surface area contributed by atoms with Gasteiger partial charge in [-0.15, -0.1) is 10.2 Å². The lowest BCUT2D eigenvalue weighted by atomic mass is 10.2. The Labute approximate surface area is 294 Å². The van der Waals surface area contributed by atoms with Crippen LogP contribution in [0.5, 0.6) is 0 Å². The number of carboxylic acids is 2. The molecule has 0 aliphatic heterocycles. The Morgan fingerprint density at radius 2 is 1.04 bits per heavy atom. The van der Waals surface area contributed by atoms with Crippen LogP contribution in [0.25, 0.3) is 23.5 Å². The number of hydrazone groups is 2. The summed E-state index contributed by atoms with van der Waals surface area (Å²) in [6, 6.07) is 20.2. The van der Waals surface area contributed by atoms with E-state index in [1.807, 2.05) is 0 Å². The molecule has 4 aromatic rings. The number of aliphatic carboxylic acids is 2. The van der Waals surface area contributed by atoms with Crippen LogP contribution in [0.15, 0.2) is 119 Å². The summed E-state index contributed by atoms with van der Waals surface area (Å²) >= 11 is 0. The maximum atomic E-state index is 11.1. The molecule has 52 heavy (non-hydrogen) atoms. The van der Waals surface area contributed by atoms with E-state index < -0.39 is 21.8 Å². The topological polar surface area (TPSA) is 324 Å². The van der Waals surface area contributed by atoms with Crippen LogP contribution in [0.4, 0.5) is 11.4 Å². The Morgan fingerprint density at radius 3 is 1.37 bits per heavy atom. The molecule has 0 atom stereocenters. The highest BCUT2D eigenvalue weighted by Crippen LogP contribution is 2.25. The van der Waals surface area contributed by atoms with Crippen molar-refractivity contribution >= 4 is 47.4 Å². The van der Waals surface area contributed by atoms with Gasteiger partial charge in [0.15, 0.2) is 0 Å². The number of aromatic nitrogens is 2. The molecule has 12 N–H and O–H groups in total. The molecule has 0 saturated heterocycles. The lowest BCUT2D eigenvalue weighted by molar-refractivity contribution is -0.384. The Bertz CT molecular complexity index is 1900. The van der Waals surface area contributed by atoms with Crippen LogP contribution in [0.2, 0.25) is 0 Å². The third kappa shape index (κ3) is 14.0. The molecule has 0 spiro atoms. The molecule has 0 amide bonds. The number of nitrogens with zero attached hydrogens (tertiary/aromatic N) is 6. The fraction of sp³-hybridized carbons (Fsp3) is 0.0625. The second-order valence-corrected chi connectivity index (χ2v) is 9.63. The average molecular weight is 715 g/mol. The van der Waals surface area contributed by atoms with E-state index in [0.717, 1.165) is 11.4 Å². The summed E-state index contributed by atoms with van der Waals surface area (Å²) in [5.74, 6) is -2.34. The van der Waals surface area contributed by atoms with Gasteiger partial charge in [-0.3, -0.25) is 40.7 Å². The summed E-state index contributed by atoms with van der Waals surface area (Å²) in [7, 11) is 0. The van der Waals surface area contributed by atoms with E-state index in [-0.39, 0.29) is 36.1 Å². The number of nitrogens with one attached hydrogen (secondary N) is 2. The summed E-state index contributed by atoms with van der Waals surface area (Å²) < 4.78 is 3.39. The third-order valence-corrected chi connectivity index (χ3v) is 5.93. The molecular weight excluding hydrogens is 680 g/mol. The SMILES string of the molecule is NC(N)=NNC=C=Cc1cccn1-c1ccccc1[N+](=O)[O-].NC(N)=NNC=C=Cc1cccn1-c1ccccc1[N+](=O)[O-].O=C(O)CCC(=O)O. The maximum Gasteiger partial charge on any atom is 0.303 e. The molecule has 2 heterocycles. The highest BCUT2D eigenvalue weighted by atomic mass is 16.6. The van der Waals surface area contributed by atoms with Crippen molar-refractivity contribution in [1.29, 1.82) is 0 Å². The molecule has 0 fully saturated rings. The van der Waals surface area contributed by atoms with Gasteiger partial charge in [0.1, 0.15) is 11.4 Å². The first kappa shape index (κ1) is 40.1. The lowest BCUT2D eigenvalue weighted by Crippen LogP contribution is -2.24. The normalized spacial score (nSPS) is 9.31. The van der Waals surface area contributed by atoms with Crippen LogP contribution in [0.1, 0.15) is 24.2 Å². The molecule has 20 nitrogen and oxygen atoms in total. The second-order valence-electron chi connectivity index (χ2n) is 9.63. The van der Waals surface area contributed by atoms with Gasteiger partial charge in [0.2, 0.25) is 11.9 Å². The molecule has 0 aliphatic carbocycles. The van der Waals surface area contributed by atoms with Crippen LogP contribution < -0.4 is 33.8 Å². The number of para-hydroxylation sites is 4. The summed E-state index contributed by atoms with van der Waals surface area (Å²) in [4.78, 5) is 40.7. The van der Waals surface area contributed by atoms with Gasteiger partial charge in [0.25, 0.3) is 11.4 Å². The monoisotopic (exact) mass is 714 g/mol. The van der Waals surface area contributed by atoms with E-state index in [4.69, 9.17) is 33.1 Å². The van der Waals surface area contributed by atoms with E-state index in [1.54, 1.807) is 94.3 Å².